The van der Waals surface area contributed by atoms with E-state index in [2.05, 4.69) is 50.4 Å². The zero-order valence-electron chi connectivity index (χ0n) is 15.8. The third-order valence-corrected chi connectivity index (χ3v) is 5.11. The fourth-order valence-corrected chi connectivity index (χ4v) is 3.63. The SMILES string of the molecule is C=C(CCC(C)(F)F)NC1Cc2cccc(C(=C)CCC)c2CB1C. The number of halogens is 2. The van der Waals surface area contributed by atoms with E-state index in [0.29, 0.717) is 18.8 Å². The predicted molar refractivity (Wildman–Crippen MR) is 105 cm³/mol. The Kier molecular flexibility index (Phi) is 6.48. The number of hydrogen-bond acceptors (Lipinski definition) is 1. The van der Waals surface area contributed by atoms with Crippen molar-refractivity contribution in [3.63, 3.8) is 0 Å². The van der Waals surface area contributed by atoms with Gasteiger partial charge in [0, 0.05) is 18.1 Å². The summed E-state index contributed by atoms with van der Waals surface area (Å²) in [7, 11) is 0. The summed E-state index contributed by atoms with van der Waals surface area (Å²) in [6.45, 7) is 14.0. The van der Waals surface area contributed by atoms with E-state index in [1.54, 1.807) is 0 Å². The van der Waals surface area contributed by atoms with Gasteiger partial charge in [0.15, 0.2) is 6.71 Å². The number of alkyl halides is 2. The van der Waals surface area contributed by atoms with Crippen LogP contribution in [-0.2, 0) is 12.7 Å². The average Bonchev–Trinajstić information content (AvgIpc) is 2.53. The molecule has 136 valence electrons. The third-order valence-electron chi connectivity index (χ3n) is 5.11. The van der Waals surface area contributed by atoms with E-state index < -0.39 is 5.92 Å². The van der Waals surface area contributed by atoms with Gasteiger partial charge in [0.1, 0.15) is 0 Å². The van der Waals surface area contributed by atoms with Gasteiger partial charge in [-0.15, -0.1) is 0 Å². The van der Waals surface area contributed by atoms with Crippen LogP contribution in [-0.4, -0.2) is 18.6 Å². The van der Waals surface area contributed by atoms with Crippen LogP contribution in [0.2, 0.25) is 6.82 Å². The second-order valence-electron chi connectivity index (χ2n) is 7.61. The Labute approximate surface area is 151 Å². The molecule has 1 N–H and O–H groups in total. The Bertz CT molecular complexity index is 633. The van der Waals surface area contributed by atoms with Crippen LogP contribution in [0.3, 0.4) is 0 Å². The summed E-state index contributed by atoms with van der Waals surface area (Å²) in [6, 6.07) is 6.47. The molecule has 1 heterocycles. The van der Waals surface area contributed by atoms with Gasteiger partial charge in [0.05, 0.1) is 0 Å². The first-order valence-corrected chi connectivity index (χ1v) is 9.32. The van der Waals surface area contributed by atoms with Crippen LogP contribution in [0, 0.1) is 0 Å². The molecule has 0 amide bonds. The fourth-order valence-electron chi connectivity index (χ4n) is 3.63. The largest absolute Gasteiger partial charge is 0.393 e. The van der Waals surface area contributed by atoms with Gasteiger partial charge in [-0.2, -0.15) is 0 Å². The lowest BCUT2D eigenvalue weighted by Gasteiger charge is -2.33. The lowest BCUT2D eigenvalue weighted by Crippen LogP contribution is -2.47. The summed E-state index contributed by atoms with van der Waals surface area (Å²) in [5, 5.41) is 3.41. The molecule has 1 aromatic carbocycles. The van der Waals surface area contributed by atoms with Crippen LogP contribution >= 0.6 is 0 Å². The van der Waals surface area contributed by atoms with E-state index in [1.807, 2.05) is 0 Å². The Morgan fingerprint density at radius 3 is 2.68 bits per heavy atom. The molecule has 1 aliphatic heterocycles. The lowest BCUT2D eigenvalue weighted by atomic mass is 9.39. The van der Waals surface area contributed by atoms with Crippen molar-refractivity contribution in [2.45, 2.75) is 71.0 Å². The molecule has 1 nitrogen and oxygen atoms in total. The van der Waals surface area contributed by atoms with Gasteiger partial charge >= 0.3 is 0 Å². The van der Waals surface area contributed by atoms with Crippen LogP contribution < -0.4 is 5.32 Å². The van der Waals surface area contributed by atoms with Crippen molar-refractivity contribution in [1.29, 1.82) is 0 Å². The van der Waals surface area contributed by atoms with Crippen molar-refractivity contribution in [2.75, 3.05) is 0 Å². The van der Waals surface area contributed by atoms with Crippen molar-refractivity contribution in [2.24, 2.45) is 0 Å². The monoisotopic (exact) mass is 345 g/mol. The highest BCUT2D eigenvalue weighted by Gasteiger charge is 2.30. The van der Waals surface area contributed by atoms with Crippen LogP contribution in [0.5, 0.6) is 0 Å². The Morgan fingerprint density at radius 1 is 1.32 bits per heavy atom. The maximum absolute atomic E-state index is 13.0. The molecule has 0 fully saturated rings. The number of rotatable bonds is 8. The van der Waals surface area contributed by atoms with Gasteiger partial charge in [-0.1, -0.05) is 51.5 Å². The molecule has 0 saturated heterocycles. The zero-order chi connectivity index (χ0) is 18.6. The molecule has 0 spiro atoms. The predicted octanol–water partition coefficient (Wildman–Crippen LogP) is 5.71. The highest BCUT2D eigenvalue weighted by atomic mass is 19.3. The average molecular weight is 345 g/mol. The Morgan fingerprint density at radius 2 is 2.04 bits per heavy atom. The second-order valence-corrected chi connectivity index (χ2v) is 7.61. The fraction of sp³-hybridized carbons (Fsp3) is 0.524. The van der Waals surface area contributed by atoms with Crippen LogP contribution in [0.4, 0.5) is 8.78 Å². The molecule has 0 radical (unpaired) electrons. The molecule has 0 aliphatic carbocycles. The van der Waals surface area contributed by atoms with Crippen molar-refractivity contribution in [3.05, 3.63) is 53.7 Å². The molecule has 2 rings (SSSR count). The molecule has 1 aromatic rings. The summed E-state index contributed by atoms with van der Waals surface area (Å²) >= 11 is 0. The Balaban J connectivity index is 2.07. The molecule has 1 unspecified atom stereocenters. The quantitative estimate of drug-likeness (QED) is 0.595. The van der Waals surface area contributed by atoms with E-state index >= 15 is 0 Å². The van der Waals surface area contributed by atoms with E-state index in [0.717, 1.165) is 32.5 Å². The summed E-state index contributed by atoms with van der Waals surface area (Å²) in [4.78, 5) is 0. The minimum absolute atomic E-state index is 0.155. The first-order chi connectivity index (χ1) is 11.7. The van der Waals surface area contributed by atoms with E-state index in [1.165, 1.54) is 22.3 Å². The number of allylic oxidation sites excluding steroid dienone is 2. The maximum Gasteiger partial charge on any atom is 0.245 e. The molecule has 0 bridgehead atoms. The molecule has 25 heavy (non-hydrogen) atoms. The Hall–Kier alpha value is -1.58. The number of fused-ring (bicyclic) bond motifs is 1. The molecule has 0 aromatic heterocycles. The maximum atomic E-state index is 13.0. The zero-order valence-corrected chi connectivity index (χ0v) is 15.8. The van der Waals surface area contributed by atoms with Crippen LogP contribution in [0.15, 0.2) is 37.1 Å². The summed E-state index contributed by atoms with van der Waals surface area (Å²) < 4.78 is 26.1. The van der Waals surface area contributed by atoms with Crippen LogP contribution in [0.25, 0.3) is 5.57 Å². The van der Waals surface area contributed by atoms with Crippen molar-refractivity contribution < 1.29 is 8.78 Å². The van der Waals surface area contributed by atoms with Gasteiger partial charge < -0.3 is 5.32 Å². The first kappa shape index (κ1) is 19.7. The summed E-state index contributed by atoms with van der Waals surface area (Å²) in [5.74, 6) is -2.38. The standard InChI is InChI=1S/C21H30BF2N/c1-6-8-15(2)18-10-7-9-17-13-20(22(5)14-19(17)18)25-16(3)11-12-21(4,23)24/h7,9-10,20,25H,2-3,6,8,11-14H2,1,4-5H3. The van der Waals surface area contributed by atoms with Gasteiger partial charge in [-0.05, 0) is 54.8 Å². The molecule has 4 heteroatoms. The number of benzene rings is 1. The summed E-state index contributed by atoms with van der Waals surface area (Å²) in [6.07, 6.45) is 4.18. The molecular weight excluding hydrogens is 315 g/mol. The number of nitrogens with one attached hydrogen (secondary N) is 1. The van der Waals surface area contributed by atoms with Crippen LogP contribution in [0.1, 0.15) is 56.2 Å². The molecule has 0 saturated carbocycles. The first-order valence-electron chi connectivity index (χ1n) is 9.32. The number of hydrogen-bond donors (Lipinski definition) is 1. The second kappa shape index (κ2) is 8.20. The minimum Gasteiger partial charge on any atom is -0.393 e. The van der Waals surface area contributed by atoms with E-state index in [-0.39, 0.29) is 12.4 Å². The van der Waals surface area contributed by atoms with Gasteiger partial charge in [0.25, 0.3) is 0 Å². The smallest absolute Gasteiger partial charge is 0.245 e. The lowest BCUT2D eigenvalue weighted by molar-refractivity contribution is 0.0129. The van der Waals surface area contributed by atoms with Gasteiger partial charge in [-0.3, -0.25) is 0 Å². The van der Waals surface area contributed by atoms with E-state index in [4.69, 9.17) is 0 Å². The third kappa shape index (κ3) is 5.45. The van der Waals surface area contributed by atoms with Gasteiger partial charge in [-0.25, -0.2) is 8.78 Å². The molecule has 1 atom stereocenters. The summed E-state index contributed by atoms with van der Waals surface area (Å²) in [5.41, 5.74) is 5.99. The molecular formula is C21H30BF2N. The molecule has 1 aliphatic rings. The van der Waals surface area contributed by atoms with Crippen molar-refractivity contribution in [1.82, 2.24) is 5.32 Å². The normalized spacial score (nSPS) is 17.2. The topological polar surface area (TPSA) is 12.0 Å². The highest BCUT2D eigenvalue weighted by Crippen LogP contribution is 2.30. The van der Waals surface area contributed by atoms with Crippen molar-refractivity contribution >= 4 is 12.3 Å². The van der Waals surface area contributed by atoms with Crippen molar-refractivity contribution in [3.8, 4) is 0 Å². The van der Waals surface area contributed by atoms with E-state index in [9.17, 15) is 8.78 Å². The minimum atomic E-state index is -2.63. The van der Waals surface area contributed by atoms with Gasteiger partial charge in [0.2, 0.25) is 5.92 Å². The highest BCUT2D eigenvalue weighted by molar-refractivity contribution is 6.59.